The predicted molar refractivity (Wildman–Crippen MR) is 102 cm³/mol. The molecule has 2 aromatic carbocycles. The minimum absolute atomic E-state index is 0.0964. The highest BCUT2D eigenvalue weighted by Gasteiger charge is 2.33. The molecule has 4 rings (SSSR count). The van der Waals surface area contributed by atoms with E-state index < -0.39 is 0 Å². The first-order chi connectivity index (χ1) is 13.1. The van der Waals surface area contributed by atoms with Crippen LogP contribution in [0, 0.1) is 5.82 Å². The van der Waals surface area contributed by atoms with Crippen LogP contribution < -0.4 is 14.8 Å². The van der Waals surface area contributed by atoms with Crippen molar-refractivity contribution in [2.24, 2.45) is 0 Å². The molecule has 0 saturated carbocycles. The SMILES string of the molecule is COc1cccc([C@H]2CC(=O)Nc3c(-c4ccc(F)cc4)nsc32)c1OC. The Kier molecular flexibility index (Phi) is 4.53. The highest BCUT2D eigenvalue weighted by atomic mass is 32.1. The summed E-state index contributed by atoms with van der Waals surface area (Å²) in [4.78, 5) is 13.4. The highest BCUT2D eigenvalue weighted by Crippen LogP contribution is 2.48. The fourth-order valence-corrected chi connectivity index (χ4v) is 4.34. The number of benzene rings is 2. The Hall–Kier alpha value is -2.93. The lowest BCUT2D eigenvalue weighted by atomic mass is 9.88. The molecule has 27 heavy (non-hydrogen) atoms. The largest absolute Gasteiger partial charge is 0.493 e. The molecule has 1 aliphatic heterocycles. The Balaban J connectivity index is 1.84. The summed E-state index contributed by atoms with van der Waals surface area (Å²) in [6.07, 6.45) is 0.293. The van der Waals surface area contributed by atoms with Crippen LogP contribution in [0.15, 0.2) is 42.5 Å². The van der Waals surface area contributed by atoms with E-state index in [9.17, 15) is 9.18 Å². The topological polar surface area (TPSA) is 60.5 Å². The summed E-state index contributed by atoms with van der Waals surface area (Å²) in [5, 5.41) is 2.93. The number of aromatic nitrogens is 1. The van der Waals surface area contributed by atoms with Gasteiger partial charge < -0.3 is 14.8 Å². The van der Waals surface area contributed by atoms with Crippen LogP contribution in [0.2, 0.25) is 0 Å². The molecule has 2 heterocycles. The fourth-order valence-electron chi connectivity index (χ4n) is 3.37. The number of methoxy groups -OCH3 is 2. The Bertz CT molecular complexity index is 1000. The molecule has 1 N–H and O–H groups in total. The molecule has 0 fully saturated rings. The molecule has 0 bridgehead atoms. The van der Waals surface area contributed by atoms with Gasteiger partial charge in [0.2, 0.25) is 5.91 Å². The first-order valence-corrected chi connectivity index (χ1v) is 9.16. The summed E-state index contributed by atoms with van der Waals surface area (Å²) < 4.78 is 28.7. The Morgan fingerprint density at radius 3 is 2.63 bits per heavy atom. The van der Waals surface area contributed by atoms with Gasteiger partial charge >= 0.3 is 0 Å². The number of nitrogens with zero attached hydrogens (tertiary/aromatic N) is 1. The fraction of sp³-hybridized carbons (Fsp3) is 0.200. The van der Waals surface area contributed by atoms with E-state index in [1.54, 1.807) is 26.4 Å². The van der Waals surface area contributed by atoms with Gasteiger partial charge in [-0.3, -0.25) is 4.79 Å². The number of anilines is 1. The zero-order valence-corrected chi connectivity index (χ0v) is 15.6. The Labute approximate surface area is 159 Å². The molecular weight excluding hydrogens is 367 g/mol. The van der Waals surface area contributed by atoms with Gasteiger partial charge in [-0.05, 0) is 41.9 Å². The number of ether oxygens (including phenoxy) is 2. The maximum Gasteiger partial charge on any atom is 0.225 e. The van der Waals surface area contributed by atoms with Gasteiger partial charge in [0, 0.05) is 23.5 Å². The van der Waals surface area contributed by atoms with Crippen molar-refractivity contribution in [3.63, 3.8) is 0 Å². The molecule has 0 saturated heterocycles. The van der Waals surface area contributed by atoms with E-state index >= 15 is 0 Å². The van der Waals surface area contributed by atoms with E-state index in [4.69, 9.17) is 9.47 Å². The highest BCUT2D eigenvalue weighted by molar-refractivity contribution is 7.07. The zero-order valence-electron chi connectivity index (χ0n) is 14.8. The molecule has 1 atom stereocenters. The third-order valence-corrected chi connectivity index (χ3v) is 5.57. The second-order valence-electron chi connectivity index (χ2n) is 6.16. The van der Waals surface area contributed by atoms with Crippen molar-refractivity contribution in [3.8, 4) is 22.8 Å². The van der Waals surface area contributed by atoms with E-state index in [1.807, 2.05) is 18.2 Å². The molecule has 0 spiro atoms. The summed E-state index contributed by atoms with van der Waals surface area (Å²) in [5.41, 5.74) is 2.96. The second kappa shape index (κ2) is 7.00. The number of fused-ring (bicyclic) bond motifs is 1. The Morgan fingerprint density at radius 2 is 1.93 bits per heavy atom. The van der Waals surface area contributed by atoms with Gasteiger partial charge in [-0.2, -0.15) is 4.37 Å². The lowest BCUT2D eigenvalue weighted by Gasteiger charge is -2.25. The second-order valence-corrected chi connectivity index (χ2v) is 6.97. The zero-order chi connectivity index (χ0) is 19.0. The molecule has 138 valence electrons. The van der Waals surface area contributed by atoms with E-state index in [2.05, 4.69) is 9.69 Å². The van der Waals surface area contributed by atoms with Gasteiger partial charge in [-0.25, -0.2) is 4.39 Å². The van der Waals surface area contributed by atoms with Gasteiger partial charge in [0.1, 0.15) is 11.5 Å². The molecular formula is C20H17FN2O3S. The van der Waals surface area contributed by atoms with Crippen LogP contribution in [0.3, 0.4) is 0 Å². The van der Waals surface area contributed by atoms with Crippen LogP contribution in [0.25, 0.3) is 11.3 Å². The lowest BCUT2D eigenvalue weighted by Crippen LogP contribution is -2.22. The van der Waals surface area contributed by atoms with Crippen LogP contribution in [0.1, 0.15) is 22.8 Å². The number of hydrogen-bond donors (Lipinski definition) is 1. The van der Waals surface area contributed by atoms with Crippen molar-refractivity contribution in [1.29, 1.82) is 0 Å². The number of halogens is 1. The van der Waals surface area contributed by atoms with Crippen LogP contribution in [0.5, 0.6) is 11.5 Å². The van der Waals surface area contributed by atoms with Crippen LogP contribution in [0.4, 0.5) is 10.1 Å². The number of carbonyl (C=O) groups excluding carboxylic acids is 1. The van der Waals surface area contributed by atoms with E-state index in [1.165, 1.54) is 23.7 Å². The number of nitrogens with one attached hydrogen (secondary N) is 1. The number of rotatable bonds is 4. The maximum atomic E-state index is 13.3. The molecule has 3 aromatic rings. The van der Waals surface area contributed by atoms with Crippen molar-refractivity contribution < 1.29 is 18.7 Å². The van der Waals surface area contributed by atoms with Crippen molar-refractivity contribution in [2.75, 3.05) is 19.5 Å². The third kappa shape index (κ3) is 3.04. The van der Waals surface area contributed by atoms with E-state index in [0.717, 1.165) is 16.0 Å². The standard InChI is InChI=1S/C20H17FN2O3S/c1-25-15-5-3-4-13(19(15)26-2)14-10-16(24)22-18-17(23-27-20(14)18)11-6-8-12(21)9-7-11/h3-9,14H,10H2,1-2H3,(H,22,24)/t14-/m1/s1. The molecule has 1 aromatic heterocycles. The van der Waals surface area contributed by atoms with Crippen molar-refractivity contribution in [1.82, 2.24) is 4.37 Å². The minimum Gasteiger partial charge on any atom is -0.493 e. The number of para-hydroxylation sites is 1. The van der Waals surface area contributed by atoms with E-state index in [-0.39, 0.29) is 17.6 Å². The molecule has 7 heteroatoms. The molecule has 0 unspecified atom stereocenters. The predicted octanol–water partition coefficient (Wildman–Crippen LogP) is 4.44. The minimum atomic E-state index is -0.314. The summed E-state index contributed by atoms with van der Waals surface area (Å²) >= 11 is 1.33. The summed E-state index contributed by atoms with van der Waals surface area (Å²) in [6.45, 7) is 0. The van der Waals surface area contributed by atoms with Crippen molar-refractivity contribution in [3.05, 3.63) is 58.7 Å². The molecule has 5 nitrogen and oxygen atoms in total. The van der Waals surface area contributed by atoms with Gasteiger partial charge in [-0.1, -0.05) is 12.1 Å². The van der Waals surface area contributed by atoms with Crippen LogP contribution >= 0.6 is 11.5 Å². The van der Waals surface area contributed by atoms with Crippen LogP contribution in [-0.4, -0.2) is 24.5 Å². The Morgan fingerprint density at radius 1 is 1.15 bits per heavy atom. The normalized spacial score (nSPS) is 15.8. The van der Waals surface area contributed by atoms with Crippen molar-refractivity contribution in [2.45, 2.75) is 12.3 Å². The lowest BCUT2D eigenvalue weighted by molar-refractivity contribution is -0.116. The quantitative estimate of drug-likeness (QED) is 0.722. The summed E-state index contributed by atoms with van der Waals surface area (Å²) in [6, 6.07) is 11.7. The molecule has 0 radical (unpaired) electrons. The first kappa shape index (κ1) is 17.5. The van der Waals surface area contributed by atoms with E-state index in [0.29, 0.717) is 29.3 Å². The van der Waals surface area contributed by atoms with Crippen LogP contribution in [-0.2, 0) is 4.79 Å². The van der Waals surface area contributed by atoms with Gasteiger partial charge in [0.15, 0.2) is 11.5 Å². The van der Waals surface area contributed by atoms with Gasteiger partial charge in [0.25, 0.3) is 0 Å². The first-order valence-electron chi connectivity index (χ1n) is 8.38. The average Bonchev–Trinajstić information content (AvgIpc) is 3.11. The maximum absolute atomic E-state index is 13.3. The summed E-state index contributed by atoms with van der Waals surface area (Å²) in [5.74, 6) is 0.630. The molecule has 1 amide bonds. The third-order valence-electron chi connectivity index (χ3n) is 4.62. The number of carbonyl (C=O) groups is 1. The molecule has 0 aliphatic carbocycles. The van der Waals surface area contributed by atoms with Crippen molar-refractivity contribution >= 4 is 23.1 Å². The van der Waals surface area contributed by atoms with Gasteiger partial charge in [0.05, 0.1) is 24.8 Å². The average molecular weight is 384 g/mol. The smallest absolute Gasteiger partial charge is 0.225 e. The number of amides is 1. The summed E-state index contributed by atoms with van der Waals surface area (Å²) in [7, 11) is 3.17. The monoisotopic (exact) mass is 384 g/mol. The molecule has 1 aliphatic rings. The number of hydrogen-bond acceptors (Lipinski definition) is 5. The van der Waals surface area contributed by atoms with Gasteiger partial charge in [-0.15, -0.1) is 0 Å².